The van der Waals surface area contributed by atoms with Crippen molar-refractivity contribution in [1.29, 1.82) is 0 Å². The minimum atomic E-state index is -1.01. The first-order valence-corrected chi connectivity index (χ1v) is 6.77. The van der Waals surface area contributed by atoms with Crippen molar-refractivity contribution < 1.29 is 18.7 Å². The fourth-order valence-corrected chi connectivity index (χ4v) is 2.40. The Labute approximate surface area is 118 Å². The Balaban J connectivity index is 2.15. The number of halogens is 1. The predicted octanol–water partition coefficient (Wildman–Crippen LogP) is 1.98. The summed E-state index contributed by atoms with van der Waals surface area (Å²) in [6.07, 6.45) is 2.13. The Bertz CT molecular complexity index is 457. The van der Waals surface area contributed by atoms with Crippen LogP contribution in [0.5, 0.6) is 0 Å². The van der Waals surface area contributed by atoms with Crippen LogP contribution in [0.2, 0.25) is 0 Å². The second-order valence-corrected chi connectivity index (χ2v) is 5.14. The van der Waals surface area contributed by atoms with E-state index in [-0.39, 0.29) is 11.9 Å². The lowest BCUT2D eigenvalue weighted by Crippen LogP contribution is -2.49. The van der Waals surface area contributed by atoms with E-state index in [1.54, 1.807) is 19.1 Å². The molecular formula is C15H20FNO3. The first-order valence-electron chi connectivity index (χ1n) is 6.77. The summed E-state index contributed by atoms with van der Waals surface area (Å²) in [4.78, 5) is 12.1. The van der Waals surface area contributed by atoms with Gasteiger partial charge >= 0.3 is 5.97 Å². The van der Waals surface area contributed by atoms with Crippen LogP contribution in [-0.2, 0) is 19.8 Å². The summed E-state index contributed by atoms with van der Waals surface area (Å²) >= 11 is 0. The summed E-state index contributed by atoms with van der Waals surface area (Å²) in [6, 6.07) is 5.86. The fraction of sp³-hybridized carbons (Fsp3) is 0.533. The van der Waals surface area contributed by atoms with Gasteiger partial charge in [0.25, 0.3) is 0 Å². The Kier molecular flexibility index (Phi) is 4.73. The van der Waals surface area contributed by atoms with Crippen molar-refractivity contribution in [1.82, 2.24) is 5.32 Å². The zero-order chi connectivity index (χ0) is 14.6. The SMILES string of the molecule is COC(=O)C(C)(NCC1CCCO1)c1ccc(F)cc1. The third-order valence-corrected chi connectivity index (χ3v) is 3.72. The van der Waals surface area contributed by atoms with Crippen LogP contribution in [-0.4, -0.2) is 32.3 Å². The average molecular weight is 281 g/mol. The van der Waals surface area contributed by atoms with Crippen LogP contribution in [0, 0.1) is 5.82 Å². The maximum absolute atomic E-state index is 13.0. The second-order valence-electron chi connectivity index (χ2n) is 5.14. The predicted molar refractivity (Wildman–Crippen MR) is 72.7 cm³/mol. The molecule has 1 N–H and O–H groups in total. The van der Waals surface area contributed by atoms with Crippen LogP contribution in [0.15, 0.2) is 24.3 Å². The molecule has 1 aliphatic rings. The molecule has 1 heterocycles. The number of carbonyl (C=O) groups excluding carboxylic acids is 1. The normalized spacial score (nSPS) is 21.4. The third-order valence-electron chi connectivity index (χ3n) is 3.72. The van der Waals surface area contributed by atoms with Crippen LogP contribution in [0.1, 0.15) is 25.3 Å². The van der Waals surface area contributed by atoms with Gasteiger partial charge in [0, 0.05) is 13.2 Å². The highest BCUT2D eigenvalue weighted by molar-refractivity contribution is 5.82. The van der Waals surface area contributed by atoms with E-state index in [0.717, 1.165) is 19.4 Å². The van der Waals surface area contributed by atoms with Crippen molar-refractivity contribution in [3.63, 3.8) is 0 Å². The van der Waals surface area contributed by atoms with Gasteiger partial charge in [-0.3, -0.25) is 5.32 Å². The van der Waals surface area contributed by atoms with Crippen LogP contribution >= 0.6 is 0 Å². The Morgan fingerprint density at radius 2 is 2.20 bits per heavy atom. The quantitative estimate of drug-likeness (QED) is 0.838. The number of hydrogen-bond donors (Lipinski definition) is 1. The summed E-state index contributed by atoms with van der Waals surface area (Å²) in [5.41, 5.74) is -0.335. The molecule has 4 nitrogen and oxygen atoms in total. The molecule has 5 heteroatoms. The Morgan fingerprint density at radius 1 is 1.50 bits per heavy atom. The van der Waals surface area contributed by atoms with E-state index in [4.69, 9.17) is 9.47 Å². The Hall–Kier alpha value is -1.46. The average Bonchev–Trinajstić information content (AvgIpc) is 2.98. The zero-order valence-corrected chi connectivity index (χ0v) is 11.8. The van der Waals surface area contributed by atoms with Gasteiger partial charge in [0.15, 0.2) is 0 Å². The lowest BCUT2D eigenvalue weighted by Gasteiger charge is -2.29. The molecule has 0 aromatic heterocycles. The fourth-order valence-electron chi connectivity index (χ4n) is 2.40. The van der Waals surface area contributed by atoms with Gasteiger partial charge in [-0.1, -0.05) is 12.1 Å². The van der Waals surface area contributed by atoms with Crippen molar-refractivity contribution >= 4 is 5.97 Å². The molecule has 110 valence electrons. The number of carbonyl (C=O) groups is 1. The van der Waals surface area contributed by atoms with Gasteiger partial charge in [0.2, 0.25) is 0 Å². The summed E-state index contributed by atoms with van der Waals surface area (Å²) in [7, 11) is 1.35. The van der Waals surface area contributed by atoms with Gasteiger partial charge < -0.3 is 9.47 Å². The smallest absolute Gasteiger partial charge is 0.330 e. The molecule has 2 unspecified atom stereocenters. The number of hydrogen-bond acceptors (Lipinski definition) is 4. The van der Waals surface area contributed by atoms with Crippen molar-refractivity contribution in [3.8, 4) is 0 Å². The largest absolute Gasteiger partial charge is 0.467 e. The lowest BCUT2D eigenvalue weighted by molar-refractivity contribution is -0.148. The highest BCUT2D eigenvalue weighted by Crippen LogP contribution is 2.23. The maximum atomic E-state index is 13.0. The number of nitrogens with one attached hydrogen (secondary N) is 1. The molecule has 20 heavy (non-hydrogen) atoms. The second kappa shape index (κ2) is 6.33. The number of esters is 1. The molecule has 1 aromatic rings. The molecule has 1 aromatic carbocycles. The van der Waals surface area contributed by atoms with Crippen LogP contribution in [0.4, 0.5) is 4.39 Å². The van der Waals surface area contributed by atoms with Crippen LogP contribution in [0.25, 0.3) is 0 Å². The topological polar surface area (TPSA) is 47.6 Å². The van der Waals surface area contributed by atoms with Gasteiger partial charge in [0.1, 0.15) is 11.4 Å². The van der Waals surface area contributed by atoms with E-state index < -0.39 is 11.5 Å². The van der Waals surface area contributed by atoms with E-state index in [1.165, 1.54) is 19.2 Å². The monoisotopic (exact) mass is 281 g/mol. The molecule has 2 atom stereocenters. The molecule has 0 spiro atoms. The summed E-state index contributed by atoms with van der Waals surface area (Å²) in [6.45, 7) is 3.06. The van der Waals surface area contributed by atoms with E-state index >= 15 is 0 Å². The molecule has 0 amide bonds. The zero-order valence-electron chi connectivity index (χ0n) is 11.8. The highest BCUT2D eigenvalue weighted by atomic mass is 19.1. The third kappa shape index (κ3) is 3.16. The number of benzene rings is 1. The molecular weight excluding hydrogens is 261 g/mol. The van der Waals surface area contributed by atoms with Gasteiger partial charge in [-0.05, 0) is 37.5 Å². The molecule has 0 saturated carbocycles. The van der Waals surface area contributed by atoms with Crippen molar-refractivity contribution in [2.45, 2.75) is 31.4 Å². The summed E-state index contributed by atoms with van der Waals surface area (Å²) in [5.74, 6) is -0.734. The van der Waals surface area contributed by atoms with Gasteiger partial charge in [-0.2, -0.15) is 0 Å². The molecule has 0 bridgehead atoms. The van der Waals surface area contributed by atoms with E-state index in [0.29, 0.717) is 12.1 Å². The number of methoxy groups -OCH3 is 1. The van der Waals surface area contributed by atoms with E-state index in [9.17, 15) is 9.18 Å². The lowest BCUT2D eigenvalue weighted by atomic mass is 9.91. The summed E-state index contributed by atoms with van der Waals surface area (Å²) in [5, 5.41) is 3.20. The van der Waals surface area contributed by atoms with Crippen LogP contribution < -0.4 is 5.32 Å². The van der Waals surface area contributed by atoms with Crippen molar-refractivity contribution in [2.24, 2.45) is 0 Å². The highest BCUT2D eigenvalue weighted by Gasteiger charge is 2.37. The molecule has 1 aliphatic heterocycles. The minimum Gasteiger partial charge on any atom is -0.467 e. The van der Waals surface area contributed by atoms with Gasteiger partial charge in [-0.15, -0.1) is 0 Å². The number of ether oxygens (including phenoxy) is 2. The summed E-state index contributed by atoms with van der Waals surface area (Å²) < 4.78 is 23.5. The first kappa shape index (κ1) is 14.9. The molecule has 0 radical (unpaired) electrons. The van der Waals surface area contributed by atoms with Crippen molar-refractivity contribution in [3.05, 3.63) is 35.6 Å². The van der Waals surface area contributed by atoms with E-state index in [2.05, 4.69) is 5.32 Å². The standard InChI is InChI=1S/C15H20FNO3/c1-15(14(18)19-2,11-5-7-12(16)8-6-11)17-10-13-4-3-9-20-13/h5-8,13,17H,3-4,9-10H2,1-2H3. The molecule has 1 saturated heterocycles. The minimum absolute atomic E-state index is 0.111. The molecule has 1 fully saturated rings. The van der Waals surface area contributed by atoms with Gasteiger partial charge in [-0.25, -0.2) is 9.18 Å². The van der Waals surface area contributed by atoms with Crippen LogP contribution in [0.3, 0.4) is 0 Å². The first-order chi connectivity index (χ1) is 9.56. The van der Waals surface area contributed by atoms with Crippen molar-refractivity contribution in [2.75, 3.05) is 20.3 Å². The molecule has 2 rings (SSSR count). The molecule has 0 aliphatic carbocycles. The Morgan fingerprint density at radius 3 is 2.75 bits per heavy atom. The van der Waals surface area contributed by atoms with Gasteiger partial charge in [0.05, 0.1) is 13.2 Å². The maximum Gasteiger partial charge on any atom is 0.330 e. The van der Waals surface area contributed by atoms with E-state index in [1.807, 2.05) is 0 Å². The number of rotatable bonds is 5.